The van der Waals surface area contributed by atoms with Gasteiger partial charge in [0.2, 0.25) is 0 Å². The molecule has 1 saturated heterocycles. The Labute approximate surface area is 178 Å². The topological polar surface area (TPSA) is 66.5 Å². The fraction of sp³-hybridized carbons (Fsp3) is 0.125. The maximum absolute atomic E-state index is 12.6. The number of hydrogen-bond donors (Lipinski definition) is 1. The fourth-order valence-corrected chi connectivity index (χ4v) is 4.09. The van der Waals surface area contributed by atoms with Crippen molar-refractivity contribution in [2.24, 2.45) is 0 Å². The van der Waals surface area contributed by atoms with Crippen LogP contribution in [0.15, 0.2) is 71.6 Å². The van der Waals surface area contributed by atoms with Crippen molar-refractivity contribution in [3.63, 3.8) is 0 Å². The maximum atomic E-state index is 12.6. The molecule has 0 aromatic heterocycles. The van der Waals surface area contributed by atoms with Gasteiger partial charge in [0.15, 0.2) is 0 Å². The van der Waals surface area contributed by atoms with Crippen LogP contribution < -0.4 is 5.32 Å². The molecule has 0 spiro atoms. The van der Waals surface area contributed by atoms with Gasteiger partial charge in [-0.05, 0) is 53.2 Å². The Morgan fingerprint density at radius 1 is 1.00 bits per heavy atom. The van der Waals surface area contributed by atoms with Gasteiger partial charge >= 0.3 is 0 Å². The van der Waals surface area contributed by atoms with E-state index in [9.17, 15) is 14.4 Å². The van der Waals surface area contributed by atoms with Crippen LogP contribution in [0.5, 0.6) is 0 Å². The summed E-state index contributed by atoms with van der Waals surface area (Å²) in [4.78, 5) is 38.8. The standard InChI is InChI=1S/C24H20N2O3S/c1-16-6-8-17(9-7-16)14-21-23(28)26(24(29)30-21)13-12-25-22(27)20-11-10-18-4-2-3-5-19(18)15-20/h2-11,14-15H,12-13H2,1H3,(H,25,27)/b21-14-. The number of rotatable bonds is 5. The van der Waals surface area contributed by atoms with Crippen LogP contribution in [-0.4, -0.2) is 35.0 Å². The molecule has 150 valence electrons. The van der Waals surface area contributed by atoms with Crippen LogP contribution in [0.3, 0.4) is 0 Å². The zero-order chi connectivity index (χ0) is 21.1. The number of carbonyl (C=O) groups excluding carboxylic acids is 3. The van der Waals surface area contributed by atoms with Crippen LogP contribution in [0.25, 0.3) is 16.8 Å². The molecule has 1 heterocycles. The zero-order valence-electron chi connectivity index (χ0n) is 16.4. The molecule has 0 unspecified atom stereocenters. The van der Waals surface area contributed by atoms with Crippen LogP contribution >= 0.6 is 11.8 Å². The summed E-state index contributed by atoms with van der Waals surface area (Å²) in [5.41, 5.74) is 2.54. The molecule has 0 saturated carbocycles. The monoisotopic (exact) mass is 416 g/mol. The molecule has 30 heavy (non-hydrogen) atoms. The summed E-state index contributed by atoms with van der Waals surface area (Å²) in [6, 6.07) is 21.0. The molecule has 4 rings (SSSR count). The van der Waals surface area contributed by atoms with Gasteiger partial charge in [-0.15, -0.1) is 0 Å². The van der Waals surface area contributed by atoms with Crippen molar-refractivity contribution in [3.05, 3.63) is 88.3 Å². The number of aryl methyl sites for hydroxylation is 1. The van der Waals surface area contributed by atoms with E-state index < -0.39 is 0 Å². The second-order valence-electron chi connectivity index (χ2n) is 7.06. The molecule has 3 amide bonds. The van der Waals surface area contributed by atoms with Crippen molar-refractivity contribution in [1.82, 2.24) is 10.2 Å². The van der Waals surface area contributed by atoms with Gasteiger partial charge in [0, 0.05) is 18.7 Å². The van der Waals surface area contributed by atoms with Crippen molar-refractivity contribution in [3.8, 4) is 0 Å². The largest absolute Gasteiger partial charge is 0.350 e. The van der Waals surface area contributed by atoms with E-state index in [4.69, 9.17) is 0 Å². The summed E-state index contributed by atoms with van der Waals surface area (Å²) in [7, 11) is 0. The normalized spacial score (nSPS) is 15.2. The molecular weight excluding hydrogens is 396 g/mol. The number of imide groups is 1. The van der Waals surface area contributed by atoms with Crippen molar-refractivity contribution < 1.29 is 14.4 Å². The third-order valence-electron chi connectivity index (χ3n) is 4.88. The Kier molecular flexibility index (Phi) is 5.68. The van der Waals surface area contributed by atoms with E-state index in [1.54, 1.807) is 12.1 Å². The quantitative estimate of drug-likeness (QED) is 0.617. The van der Waals surface area contributed by atoms with Gasteiger partial charge in [0.25, 0.3) is 17.1 Å². The number of nitrogens with one attached hydrogen (secondary N) is 1. The molecule has 3 aromatic carbocycles. The number of carbonyl (C=O) groups is 3. The predicted octanol–water partition coefficient (Wildman–Crippen LogP) is 4.61. The minimum absolute atomic E-state index is 0.134. The molecule has 0 radical (unpaired) electrons. The van der Waals surface area contributed by atoms with Crippen LogP contribution in [-0.2, 0) is 4.79 Å². The smallest absolute Gasteiger partial charge is 0.293 e. The molecule has 1 N–H and O–H groups in total. The van der Waals surface area contributed by atoms with Crippen LogP contribution in [0.2, 0.25) is 0 Å². The number of benzene rings is 3. The average molecular weight is 417 g/mol. The van der Waals surface area contributed by atoms with Crippen LogP contribution in [0, 0.1) is 6.92 Å². The van der Waals surface area contributed by atoms with Crippen molar-refractivity contribution in [2.45, 2.75) is 6.92 Å². The molecule has 0 atom stereocenters. The Balaban J connectivity index is 1.37. The van der Waals surface area contributed by atoms with Crippen molar-refractivity contribution in [2.75, 3.05) is 13.1 Å². The van der Waals surface area contributed by atoms with E-state index in [2.05, 4.69) is 5.32 Å². The Morgan fingerprint density at radius 3 is 2.50 bits per heavy atom. The first kappa shape index (κ1) is 19.9. The average Bonchev–Trinajstić information content (AvgIpc) is 3.02. The van der Waals surface area contributed by atoms with E-state index in [0.717, 1.165) is 33.7 Å². The van der Waals surface area contributed by atoms with Gasteiger partial charge in [-0.3, -0.25) is 19.3 Å². The van der Waals surface area contributed by atoms with Crippen LogP contribution in [0.1, 0.15) is 21.5 Å². The number of amides is 3. The highest BCUT2D eigenvalue weighted by atomic mass is 32.2. The Hall–Kier alpha value is -3.38. The van der Waals surface area contributed by atoms with Gasteiger partial charge in [-0.1, -0.05) is 60.2 Å². The van der Waals surface area contributed by atoms with Gasteiger partial charge in [0.1, 0.15) is 0 Å². The summed E-state index contributed by atoms with van der Waals surface area (Å²) < 4.78 is 0. The lowest BCUT2D eigenvalue weighted by Gasteiger charge is -2.13. The molecule has 1 fully saturated rings. The molecule has 5 nitrogen and oxygen atoms in total. The second-order valence-corrected chi connectivity index (χ2v) is 8.06. The summed E-state index contributed by atoms with van der Waals surface area (Å²) in [5, 5.41) is 4.51. The van der Waals surface area contributed by atoms with E-state index in [0.29, 0.717) is 10.5 Å². The molecule has 6 heteroatoms. The van der Waals surface area contributed by atoms with Gasteiger partial charge < -0.3 is 5.32 Å². The third-order valence-corrected chi connectivity index (χ3v) is 5.79. The van der Waals surface area contributed by atoms with E-state index >= 15 is 0 Å². The summed E-state index contributed by atoms with van der Waals surface area (Å²) >= 11 is 0.923. The summed E-state index contributed by atoms with van der Waals surface area (Å²) in [6.45, 7) is 2.32. The molecule has 1 aliphatic rings. The van der Waals surface area contributed by atoms with Gasteiger partial charge in [0.05, 0.1) is 4.91 Å². The van der Waals surface area contributed by atoms with E-state index in [-0.39, 0.29) is 30.1 Å². The first-order chi connectivity index (χ1) is 14.5. The number of fused-ring (bicyclic) bond motifs is 1. The maximum Gasteiger partial charge on any atom is 0.293 e. The second kappa shape index (κ2) is 8.55. The molecule has 1 aliphatic heterocycles. The number of nitrogens with zero attached hydrogens (tertiary/aromatic N) is 1. The molecule has 0 aliphatic carbocycles. The molecule has 3 aromatic rings. The van der Waals surface area contributed by atoms with Crippen LogP contribution in [0.4, 0.5) is 4.79 Å². The minimum atomic E-state index is -0.328. The highest BCUT2D eigenvalue weighted by Crippen LogP contribution is 2.31. The summed E-state index contributed by atoms with van der Waals surface area (Å²) in [6.07, 6.45) is 1.72. The van der Waals surface area contributed by atoms with E-state index in [1.165, 1.54) is 4.90 Å². The number of hydrogen-bond acceptors (Lipinski definition) is 4. The third kappa shape index (κ3) is 4.28. The first-order valence-corrected chi connectivity index (χ1v) is 10.4. The first-order valence-electron chi connectivity index (χ1n) is 9.60. The molecular formula is C24H20N2O3S. The highest BCUT2D eigenvalue weighted by molar-refractivity contribution is 8.18. The van der Waals surface area contributed by atoms with Gasteiger partial charge in [-0.2, -0.15) is 0 Å². The predicted molar refractivity (Wildman–Crippen MR) is 120 cm³/mol. The number of thioether (sulfide) groups is 1. The Bertz CT molecular complexity index is 1170. The summed E-state index contributed by atoms with van der Waals surface area (Å²) in [5.74, 6) is -0.562. The molecule has 0 bridgehead atoms. The lowest BCUT2D eigenvalue weighted by molar-refractivity contribution is -0.122. The van der Waals surface area contributed by atoms with Gasteiger partial charge in [-0.25, -0.2) is 0 Å². The van der Waals surface area contributed by atoms with E-state index in [1.807, 2.05) is 67.6 Å². The Morgan fingerprint density at radius 2 is 1.73 bits per heavy atom. The minimum Gasteiger partial charge on any atom is -0.350 e. The highest BCUT2D eigenvalue weighted by Gasteiger charge is 2.34. The zero-order valence-corrected chi connectivity index (χ0v) is 17.2. The fourth-order valence-electron chi connectivity index (χ4n) is 3.22. The SMILES string of the molecule is Cc1ccc(/C=C2\SC(=O)N(CCNC(=O)c3ccc4ccccc4c3)C2=O)cc1. The van der Waals surface area contributed by atoms with Crippen molar-refractivity contribution in [1.29, 1.82) is 0 Å². The van der Waals surface area contributed by atoms with Crippen molar-refractivity contribution >= 4 is 45.7 Å². The lowest BCUT2D eigenvalue weighted by Crippen LogP contribution is -2.37. The lowest BCUT2D eigenvalue weighted by atomic mass is 10.1.